The van der Waals surface area contributed by atoms with Crippen molar-refractivity contribution in [1.82, 2.24) is 0 Å². The zero-order valence-electron chi connectivity index (χ0n) is 13.4. The summed E-state index contributed by atoms with van der Waals surface area (Å²) in [6.07, 6.45) is 5.24. The van der Waals surface area contributed by atoms with Gasteiger partial charge in [0.1, 0.15) is 0 Å². The molecule has 0 spiro atoms. The summed E-state index contributed by atoms with van der Waals surface area (Å²) in [6.45, 7) is 7.57. The molecule has 0 saturated heterocycles. The van der Waals surface area contributed by atoms with Crippen molar-refractivity contribution in [3.63, 3.8) is 0 Å². The van der Waals surface area contributed by atoms with Gasteiger partial charge in [-0.05, 0) is 53.3 Å². The third kappa shape index (κ3) is 2.41. The van der Waals surface area contributed by atoms with E-state index in [1.54, 1.807) is 30.4 Å². The number of benzene rings is 2. The summed E-state index contributed by atoms with van der Waals surface area (Å²) in [5.41, 5.74) is 16.3. The number of allylic oxidation sites excluding steroid dienone is 2. The first-order valence-electron chi connectivity index (χ1n) is 7.68. The van der Waals surface area contributed by atoms with Gasteiger partial charge in [-0.3, -0.25) is 0 Å². The van der Waals surface area contributed by atoms with Crippen LogP contribution >= 0.6 is 0 Å². The van der Waals surface area contributed by atoms with Crippen molar-refractivity contribution < 1.29 is 8.42 Å². The average Bonchev–Trinajstić information content (AvgIpc) is 2.53. The van der Waals surface area contributed by atoms with Crippen molar-refractivity contribution in [2.75, 3.05) is 11.5 Å². The van der Waals surface area contributed by atoms with Crippen LogP contribution in [0.5, 0.6) is 0 Å². The lowest BCUT2D eigenvalue weighted by atomic mass is 9.90. The molecule has 0 unspecified atom stereocenters. The molecule has 4 N–H and O–H groups in total. The van der Waals surface area contributed by atoms with Crippen molar-refractivity contribution in [2.24, 2.45) is 0 Å². The minimum Gasteiger partial charge on any atom is -0.399 e. The van der Waals surface area contributed by atoms with Crippen molar-refractivity contribution >= 4 is 21.2 Å². The molecule has 0 aromatic heterocycles. The van der Waals surface area contributed by atoms with E-state index in [9.17, 15) is 8.42 Å². The topological polar surface area (TPSA) is 86.2 Å². The molecule has 1 aliphatic rings. The molecule has 4 nitrogen and oxygen atoms in total. The van der Waals surface area contributed by atoms with Gasteiger partial charge in [-0.25, -0.2) is 8.42 Å². The molecule has 0 radical (unpaired) electrons. The average molecular weight is 340 g/mol. The fraction of sp³-hybridized carbons (Fsp3) is 0.158. The van der Waals surface area contributed by atoms with E-state index < -0.39 is 9.84 Å². The molecule has 0 atom stereocenters. The summed E-state index contributed by atoms with van der Waals surface area (Å²) >= 11 is 0. The molecule has 24 heavy (non-hydrogen) atoms. The second-order valence-corrected chi connectivity index (χ2v) is 7.82. The highest BCUT2D eigenvalue weighted by Gasteiger charge is 2.32. The molecule has 1 aliphatic heterocycles. The second kappa shape index (κ2) is 5.83. The minimum atomic E-state index is -3.64. The number of hydrogen-bond acceptors (Lipinski definition) is 4. The van der Waals surface area contributed by atoms with E-state index in [1.807, 2.05) is 0 Å². The molecule has 5 heteroatoms. The maximum absolute atomic E-state index is 13.1. The lowest BCUT2D eigenvalue weighted by Gasteiger charge is -2.25. The fourth-order valence-corrected chi connectivity index (χ4v) is 5.12. The number of fused-ring (bicyclic) bond motifs is 2. The number of rotatable bonds is 4. The van der Waals surface area contributed by atoms with Crippen LogP contribution in [0.2, 0.25) is 0 Å². The van der Waals surface area contributed by atoms with Crippen LogP contribution in [0.4, 0.5) is 11.4 Å². The smallest absolute Gasteiger partial charge is 0.207 e. The third-order valence-corrected chi connectivity index (χ3v) is 6.30. The zero-order chi connectivity index (χ0) is 17.5. The van der Waals surface area contributed by atoms with E-state index >= 15 is 0 Å². The van der Waals surface area contributed by atoms with Gasteiger partial charge in [-0.1, -0.05) is 18.2 Å². The van der Waals surface area contributed by atoms with E-state index in [0.29, 0.717) is 30.6 Å². The normalized spacial score (nSPS) is 14.5. The van der Waals surface area contributed by atoms with Crippen molar-refractivity contribution in [3.05, 3.63) is 71.8 Å². The van der Waals surface area contributed by atoms with Crippen LogP contribution in [0.1, 0.15) is 22.3 Å². The largest absolute Gasteiger partial charge is 0.399 e. The minimum absolute atomic E-state index is 0.274. The van der Waals surface area contributed by atoms with Gasteiger partial charge >= 0.3 is 0 Å². The first-order chi connectivity index (χ1) is 11.4. The Bertz CT molecular complexity index is 960. The second-order valence-electron chi connectivity index (χ2n) is 5.93. The van der Waals surface area contributed by atoms with Crippen LogP contribution < -0.4 is 11.5 Å². The Kier molecular flexibility index (Phi) is 3.97. The summed E-state index contributed by atoms with van der Waals surface area (Å²) in [4.78, 5) is 0.554. The summed E-state index contributed by atoms with van der Waals surface area (Å²) in [6, 6.07) is 6.61. The number of nitrogen functional groups attached to an aromatic ring is 2. The predicted molar refractivity (Wildman–Crippen MR) is 97.8 cm³/mol. The first kappa shape index (κ1) is 16.3. The number of hydrogen-bond donors (Lipinski definition) is 2. The highest BCUT2D eigenvalue weighted by atomic mass is 32.2. The molecular weight excluding hydrogens is 320 g/mol. The van der Waals surface area contributed by atoms with Crippen molar-refractivity contribution in [2.45, 2.75) is 29.1 Å². The van der Waals surface area contributed by atoms with Gasteiger partial charge in [-0.15, -0.1) is 13.2 Å². The monoisotopic (exact) mass is 340 g/mol. The quantitative estimate of drug-likeness (QED) is 0.564. The Labute approximate surface area is 142 Å². The van der Waals surface area contributed by atoms with E-state index in [-0.39, 0.29) is 9.79 Å². The highest BCUT2D eigenvalue weighted by Crippen LogP contribution is 2.40. The summed E-state index contributed by atoms with van der Waals surface area (Å²) in [7, 11) is -3.64. The highest BCUT2D eigenvalue weighted by molar-refractivity contribution is 7.91. The Morgan fingerprint density at radius 3 is 2.33 bits per heavy atom. The van der Waals surface area contributed by atoms with Crippen LogP contribution in [0, 0.1) is 0 Å². The fourth-order valence-electron chi connectivity index (χ4n) is 3.31. The van der Waals surface area contributed by atoms with Crippen LogP contribution in [0.15, 0.2) is 59.4 Å². The van der Waals surface area contributed by atoms with Crippen LogP contribution in [-0.4, -0.2) is 8.42 Å². The summed E-state index contributed by atoms with van der Waals surface area (Å²) in [5, 5.41) is 0. The van der Waals surface area contributed by atoms with Gasteiger partial charge in [-0.2, -0.15) is 0 Å². The van der Waals surface area contributed by atoms with Gasteiger partial charge in [0.2, 0.25) is 9.84 Å². The van der Waals surface area contributed by atoms with E-state index in [4.69, 9.17) is 11.5 Å². The summed E-state index contributed by atoms with van der Waals surface area (Å²) < 4.78 is 26.1. The molecular formula is C19H20N2O2S. The zero-order valence-corrected chi connectivity index (χ0v) is 14.2. The standard InChI is InChI=1S/C19H20N2O2S/c1-3-5-14-15(6-4-2)17(21)11-19-16(14)9-12-7-8-13(20)10-18(12)24(19,22)23/h3-4,7-8,10-11H,1-2,5-6,9,20-21H2. The van der Waals surface area contributed by atoms with Crippen LogP contribution in [0.25, 0.3) is 0 Å². The molecule has 0 amide bonds. The third-order valence-electron chi connectivity index (χ3n) is 4.40. The Morgan fingerprint density at radius 2 is 1.67 bits per heavy atom. The molecule has 2 aromatic carbocycles. The molecule has 0 saturated carbocycles. The first-order valence-corrected chi connectivity index (χ1v) is 9.16. The number of nitrogens with two attached hydrogens (primary N) is 2. The lowest BCUT2D eigenvalue weighted by molar-refractivity contribution is 0.591. The molecule has 0 fully saturated rings. The molecule has 124 valence electrons. The van der Waals surface area contributed by atoms with E-state index in [2.05, 4.69) is 13.2 Å². The molecule has 3 rings (SSSR count). The van der Waals surface area contributed by atoms with E-state index in [0.717, 1.165) is 22.3 Å². The van der Waals surface area contributed by atoms with E-state index in [1.165, 1.54) is 6.07 Å². The molecule has 1 heterocycles. The lowest BCUT2D eigenvalue weighted by Crippen LogP contribution is -2.19. The predicted octanol–water partition coefficient (Wildman–Crippen LogP) is 3.05. The van der Waals surface area contributed by atoms with Crippen molar-refractivity contribution in [1.29, 1.82) is 0 Å². The Hall–Kier alpha value is -2.53. The molecule has 2 aromatic rings. The Balaban J connectivity index is 2.35. The number of sulfone groups is 1. The van der Waals surface area contributed by atoms with Gasteiger partial charge in [0, 0.05) is 17.8 Å². The summed E-state index contributed by atoms with van der Waals surface area (Å²) in [5.74, 6) is 0. The molecule has 0 bridgehead atoms. The maximum atomic E-state index is 13.1. The SMILES string of the molecule is C=CCc1c(N)cc2c(c1CC=C)Cc1ccc(N)cc1S2(=O)=O. The van der Waals surface area contributed by atoms with Gasteiger partial charge < -0.3 is 11.5 Å². The van der Waals surface area contributed by atoms with Gasteiger partial charge in [0.15, 0.2) is 0 Å². The van der Waals surface area contributed by atoms with Crippen LogP contribution in [-0.2, 0) is 29.1 Å². The van der Waals surface area contributed by atoms with Gasteiger partial charge in [0.25, 0.3) is 0 Å². The van der Waals surface area contributed by atoms with Crippen LogP contribution in [0.3, 0.4) is 0 Å². The Morgan fingerprint density at radius 1 is 1.00 bits per heavy atom. The van der Waals surface area contributed by atoms with Gasteiger partial charge in [0.05, 0.1) is 9.79 Å². The number of anilines is 2. The molecule has 0 aliphatic carbocycles. The maximum Gasteiger partial charge on any atom is 0.207 e. The van der Waals surface area contributed by atoms with Crippen molar-refractivity contribution in [3.8, 4) is 0 Å².